The Balaban J connectivity index is 1.43. The van der Waals surface area contributed by atoms with E-state index in [9.17, 15) is 0 Å². The minimum atomic E-state index is 1.03. The third kappa shape index (κ3) is 6.23. The summed E-state index contributed by atoms with van der Waals surface area (Å²) in [6.07, 6.45) is 7.66. The Hall–Kier alpha value is -2.84. The van der Waals surface area contributed by atoms with Crippen molar-refractivity contribution in [1.82, 2.24) is 29.4 Å². The number of hydrogen-bond acceptors (Lipinski definition) is 4. The Bertz CT molecular complexity index is 1090. The standard InChI is InChI=1S/C32H48N8/c1-35-19-23-39(24-20-35)31(37-15-5-3-6-16-37)33-28-13-9-11-27-12-10-14-29(30(27)28)34-32(38-17-7-4-8-18-38)40-25-21-36(2)22-26-40/h9-14H,3-8,15-26H2,1-2H3. The van der Waals surface area contributed by atoms with Gasteiger partial charge in [-0.2, -0.15) is 0 Å². The molecule has 0 aliphatic carbocycles. The Kier molecular flexibility index (Phi) is 8.73. The van der Waals surface area contributed by atoms with Crippen molar-refractivity contribution in [2.45, 2.75) is 38.5 Å². The average Bonchev–Trinajstić information content (AvgIpc) is 3.00. The van der Waals surface area contributed by atoms with Crippen LogP contribution in [0.1, 0.15) is 38.5 Å². The van der Waals surface area contributed by atoms with Crippen LogP contribution in [0.25, 0.3) is 10.8 Å². The first-order valence-corrected chi connectivity index (χ1v) is 15.7. The van der Waals surface area contributed by atoms with Crippen LogP contribution in [-0.2, 0) is 0 Å². The summed E-state index contributed by atoms with van der Waals surface area (Å²) in [5.74, 6) is 2.32. The molecule has 4 aliphatic heterocycles. The SMILES string of the molecule is CN1CCN(C(=Nc2cccc3cccc(N=C(N4CCCCC4)N4CCN(C)CC4)c23)N2CCCCC2)CC1. The summed E-state index contributed by atoms with van der Waals surface area (Å²) in [4.78, 5) is 26.0. The fraction of sp³-hybridized carbons (Fsp3) is 0.625. The molecule has 0 amide bonds. The molecule has 4 saturated heterocycles. The Labute approximate surface area is 240 Å². The Morgan fingerprint density at radius 3 is 1.25 bits per heavy atom. The highest BCUT2D eigenvalue weighted by molar-refractivity contribution is 6.04. The van der Waals surface area contributed by atoms with Crippen LogP contribution in [0.2, 0.25) is 0 Å². The zero-order valence-electron chi connectivity index (χ0n) is 24.8. The normalized spacial score (nSPS) is 22.9. The second kappa shape index (κ2) is 12.8. The molecule has 0 spiro atoms. The molecule has 4 aliphatic rings. The molecule has 4 heterocycles. The zero-order chi connectivity index (χ0) is 27.3. The molecular weight excluding hydrogens is 496 g/mol. The van der Waals surface area contributed by atoms with E-state index in [2.05, 4.69) is 79.9 Å². The molecule has 8 nitrogen and oxygen atoms in total. The molecule has 0 bridgehead atoms. The van der Waals surface area contributed by atoms with Gasteiger partial charge in [0.1, 0.15) is 0 Å². The predicted molar refractivity (Wildman–Crippen MR) is 167 cm³/mol. The summed E-state index contributed by atoms with van der Waals surface area (Å²) in [7, 11) is 4.45. The Morgan fingerprint density at radius 1 is 0.475 bits per heavy atom. The maximum absolute atomic E-state index is 5.51. The van der Waals surface area contributed by atoms with Gasteiger partial charge in [-0.1, -0.05) is 24.3 Å². The highest BCUT2D eigenvalue weighted by atomic mass is 15.4. The number of likely N-dealkylation sites (tertiary alicyclic amines) is 2. The molecule has 0 unspecified atom stereocenters. The molecule has 0 N–H and O–H groups in total. The molecule has 4 fully saturated rings. The van der Waals surface area contributed by atoms with E-state index in [-0.39, 0.29) is 0 Å². The zero-order valence-corrected chi connectivity index (χ0v) is 24.8. The largest absolute Gasteiger partial charge is 0.343 e. The summed E-state index contributed by atoms with van der Waals surface area (Å²) in [6.45, 7) is 12.9. The summed E-state index contributed by atoms with van der Waals surface area (Å²) in [6, 6.07) is 13.2. The van der Waals surface area contributed by atoms with Crippen LogP contribution in [0, 0.1) is 0 Å². The summed E-state index contributed by atoms with van der Waals surface area (Å²) >= 11 is 0. The van der Waals surface area contributed by atoms with Gasteiger partial charge in [0.05, 0.1) is 11.4 Å². The number of nitrogens with zero attached hydrogens (tertiary/aromatic N) is 8. The van der Waals surface area contributed by atoms with Gasteiger partial charge in [-0.25, -0.2) is 9.98 Å². The monoisotopic (exact) mass is 544 g/mol. The molecule has 8 heteroatoms. The van der Waals surface area contributed by atoms with Gasteiger partial charge in [-0.15, -0.1) is 0 Å². The van der Waals surface area contributed by atoms with E-state index in [1.54, 1.807) is 0 Å². The third-order valence-corrected chi connectivity index (χ3v) is 9.15. The van der Waals surface area contributed by atoms with Crippen LogP contribution in [0.4, 0.5) is 11.4 Å². The van der Waals surface area contributed by atoms with Gasteiger partial charge in [0, 0.05) is 83.9 Å². The number of benzene rings is 2. The molecule has 216 valence electrons. The molecule has 0 aromatic heterocycles. The van der Waals surface area contributed by atoms with E-state index in [4.69, 9.17) is 9.98 Å². The van der Waals surface area contributed by atoms with Gasteiger partial charge in [0.25, 0.3) is 0 Å². The van der Waals surface area contributed by atoms with Crippen LogP contribution >= 0.6 is 0 Å². The number of likely N-dealkylation sites (N-methyl/N-ethyl adjacent to an activating group) is 2. The molecule has 40 heavy (non-hydrogen) atoms. The summed E-state index contributed by atoms with van der Waals surface area (Å²) in [5, 5.41) is 2.40. The van der Waals surface area contributed by atoms with Crippen molar-refractivity contribution in [3.05, 3.63) is 36.4 Å². The van der Waals surface area contributed by atoms with Crippen molar-refractivity contribution in [2.24, 2.45) is 9.98 Å². The van der Waals surface area contributed by atoms with Crippen LogP contribution in [0.3, 0.4) is 0 Å². The van der Waals surface area contributed by atoms with E-state index < -0.39 is 0 Å². The smallest absolute Gasteiger partial charge is 0.201 e. The first-order chi connectivity index (χ1) is 19.7. The van der Waals surface area contributed by atoms with E-state index in [1.165, 1.54) is 49.3 Å². The number of aliphatic imine (C=N–C) groups is 2. The average molecular weight is 545 g/mol. The maximum atomic E-state index is 5.51. The molecule has 2 aromatic carbocycles. The second-order valence-electron chi connectivity index (χ2n) is 12.2. The number of piperidine rings is 2. The number of guanidine groups is 2. The van der Waals surface area contributed by atoms with Crippen molar-refractivity contribution < 1.29 is 0 Å². The highest BCUT2D eigenvalue weighted by Crippen LogP contribution is 2.36. The lowest BCUT2D eigenvalue weighted by molar-refractivity contribution is 0.190. The predicted octanol–water partition coefficient (Wildman–Crippen LogP) is 4.28. The summed E-state index contributed by atoms with van der Waals surface area (Å²) in [5.41, 5.74) is 2.10. The number of fused-ring (bicyclic) bond motifs is 1. The third-order valence-electron chi connectivity index (χ3n) is 9.15. The lowest BCUT2D eigenvalue weighted by Crippen LogP contribution is -2.53. The van der Waals surface area contributed by atoms with Crippen LogP contribution < -0.4 is 0 Å². The molecule has 6 rings (SSSR count). The summed E-state index contributed by atoms with van der Waals surface area (Å²) < 4.78 is 0. The second-order valence-corrected chi connectivity index (χ2v) is 12.2. The minimum absolute atomic E-state index is 1.03. The van der Waals surface area contributed by atoms with Crippen LogP contribution in [-0.4, -0.2) is 134 Å². The topological polar surface area (TPSA) is 44.2 Å². The van der Waals surface area contributed by atoms with Gasteiger partial charge in [0.15, 0.2) is 0 Å². The quantitative estimate of drug-likeness (QED) is 0.416. The van der Waals surface area contributed by atoms with Gasteiger partial charge in [0.2, 0.25) is 11.9 Å². The maximum Gasteiger partial charge on any atom is 0.201 e. The van der Waals surface area contributed by atoms with E-state index in [0.717, 1.165) is 102 Å². The first kappa shape index (κ1) is 27.3. The van der Waals surface area contributed by atoms with Crippen molar-refractivity contribution in [3.63, 3.8) is 0 Å². The number of hydrogen-bond donors (Lipinski definition) is 0. The molecule has 0 saturated carbocycles. The lowest BCUT2D eigenvalue weighted by Gasteiger charge is -2.40. The van der Waals surface area contributed by atoms with Gasteiger partial charge in [-0.05, 0) is 70.1 Å². The van der Waals surface area contributed by atoms with Crippen LogP contribution in [0.5, 0.6) is 0 Å². The van der Waals surface area contributed by atoms with E-state index in [1.807, 2.05) is 0 Å². The fourth-order valence-corrected chi connectivity index (χ4v) is 6.59. The molecular formula is C32H48N8. The lowest BCUT2D eigenvalue weighted by atomic mass is 10.1. The Morgan fingerprint density at radius 2 is 0.850 bits per heavy atom. The highest BCUT2D eigenvalue weighted by Gasteiger charge is 2.26. The van der Waals surface area contributed by atoms with Gasteiger partial charge in [-0.3, -0.25) is 0 Å². The van der Waals surface area contributed by atoms with E-state index >= 15 is 0 Å². The van der Waals surface area contributed by atoms with Crippen molar-refractivity contribution in [1.29, 1.82) is 0 Å². The van der Waals surface area contributed by atoms with Crippen molar-refractivity contribution in [3.8, 4) is 0 Å². The van der Waals surface area contributed by atoms with Gasteiger partial charge < -0.3 is 29.4 Å². The van der Waals surface area contributed by atoms with E-state index in [0.29, 0.717) is 0 Å². The fourth-order valence-electron chi connectivity index (χ4n) is 6.59. The number of piperazine rings is 2. The molecule has 0 radical (unpaired) electrons. The molecule has 2 aromatic rings. The van der Waals surface area contributed by atoms with Crippen molar-refractivity contribution >= 4 is 34.1 Å². The van der Waals surface area contributed by atoms with Gasteiger partial charge >= 0.3 is 0 Å². The number of rotatable bonds is 2. The molecule has 0 atom stereocenters. The minimum Gasteiger partial charge on any atom is -0.343 e. The van der Waals surface area contributed by atoms with Crippen LogP contribution in [0.15, 0.2) is 46.4 Å². The van der Waals surface area contributed by atoms with Crippen molar-refractivity contribution in [2.75, 3.05) is 92.6 Å². The first-order valence-electron chi connectivity index (χ1n) is 15.7.